The molecule has 5 heterocycles. The predicted molar refractivity (Wildman–Crippen MR) is 132 cm³/mol. The monoisotopic (exact) mass is 461 g/mol. The van der Waals surface area contributed by atoms with Gasteiger partial charge >= 0.3 is 5.69 Å². The first-order valence-corrected chi connectivity index (χ1v) is 10.8. The Labute approximate surface area is 196 Å². The van der Waals surface area contributed by atoms with Gasteiger partial charge in [0.25, 0.3) is 0 Å². The van der Waals surface area contributed by atoms with Crippen LogP contribution < -0.4 is 11.0 Å². The van der Waals surface area contributed by atoms with Crippen molar-refractivity contribution in [2.24, 2.45) is 14.1 Å². The zero-order valence-corrected chi connectivity index (χ0v) is 19.2. The van der Waals surface area contributed by atoms with Crippen LogP contribution in [-0.4, -0.2) is 42.0 Å². The Bertz CT molecular complexity index is 1520. The topological polar surface area (TPSA) is 82.6 Å². The highest BCUT2D eigenvalue weighted by molar-refractivity contribution is 6.04. The number of halogens is 1. The van der Waals surface area contributed by atoms with Crippen molar-refractivity contribution in [2.45, 2.75) is 12.5 Å². The van der Waals surface area contributed by atoms with Crippen molar-refractivity contribution in [3.63, 3.8) is 0 Å². The minimum atomic E-state index is 0. The molecule has 0 radical (unpaired) electrons. The summed E-state index contributed by atoms with van der Waals surface area (Å²) in [5.41, 5.74) is 6.64. The molecule has 1 saturated heterocycles. The van der Waals surface area contributed by atoms with Crippen LogP contribution in [0.15, 0.2) is 59.9 Å². The molecule has 0 aliphatic carbocycles. The number of rotatable bonds is 3. The summed E-state index contributed by atoms with van der Waals surface area (Å²) in [6.45, 7) is 1.74. The van der Waals surface area contributed by atoms with Crippen LogP contribution in [0.3, 0.4) is 0 Å². The molecule has 0 spiro atoms. The lowest BCUT2D eigenvalue weighted by Crippen LogP contribution is -2.27. The highest BCUT2D eigenvalue weighted by Crippen LogP contribution is 2.31. The first-order valence-electron chi connectivity index (χ1n) is 10.8. The summed E-state index contributed by atoms with van der Waals surface area (Å²) in [5, 5.41) is 8.59. The van der Waals surface area contributed by atoms with Gasteiger partial charge in [0.2, 0.25) is 0 Å². The second kappa shape index (κ2) is 8.13. The Hall–Kier alpha value is -3.49. The predicted octanol–water partition coefficient (Wildman–Crippen LogP) is 3.31. The molecular formula is C24H24ClN7O. The van der Waals surface area contributed by atoms with Crippen LogP contribution in [0.1, 0.15) is 12.5 Å². The van der Waals surface area contributed by atoms with Crippen molar-refractivity contribution >= 4 is 34.3 Å². The molecule has 168 valence electrons. The standard InChI is InChI=1S/C24H23N7O.ClH/c1-29-14-17(11-28-29)20-5-4-16(10-26-20)15-3-6-21-19(9-15)23-22(13-27-21)30(2)24(32)31(23)18-7-8-25-12-18;/h3-6,9-11,13-14,18,25H,7-8,12H2,1-2H3;1H/t18-;/m1./s1. The molecule has 5 aromatic rings. The zero-order valence-electron chi connectivity index (χ0n) is 18.4. The normalized spacial score (nSPS) is 15.9. The van der Waals surface area contributed by atoms with Crippen molar-refractivity contribution < 1.29 is 0 Å². The molecule has 6 rings (SSSR count). The third-order valence-corrected chi connectivity index (χ3v) is 6.41. The number of fused-ring (bicyclic) bond motifs is 3. The van der Waals surface area contributed by atoms with Gasteiger partial charge in [0.15, 0.2) is 0 Å². The van der Waals surface area contributed by atoms with Crippen LogP contribution in [0.4, 0.5) is 0 Å². The van der Waals surface area contributed by atoms with E-state index in [1.807, 2.05) is 55.6 Å². The SMILES string of the molecule is Cl.Cn1cc(-c2ccc(-c3ccc4ncc5c(c4c3)n([C@@H]3CCNC3)c(=O)n5C)cn2)cn1. The highest BCUT2D eigenvalue weighted by atomic mass is 35.5. The van der Waals surface area contributed by atoms with E-state index in [2.05, 4.69) is 38.6 Å². The smallest absolute Gasteiger partial charge is 0.315 e. The van der Waals surface area contributed by atoms with Crippen LogP contribution in [0, 0.1) is 0 Å². The Morgan fingerprint density at radius 2 is 1.85 bits per heavy atom. The fraction of sp³-hybridized carbons (Fsp3) is 0.250. The molecule has 8 nitrogen and oxygen atoms in total. The Kier molecular flexibility index (Phi) is 5.26. The lowest BCUT2D eigenvalue weighted by molar-refractivity contribution is 0.536. The van der Waals surface area contributed by atoms with E-state index in [0.717, 1.165) is 63.8 Å². The van der Waals surface area contributed by atoms with Crippen molar-refractivity contribution in [1.82, 2.24) is 34.2 Å². The fourth-order valence-electron chi connectivity index (χ4n) is 4.69. The van der Waals surface area contributed by atoms with Gasteiger partial charge in [-0.25, -0.2) is 4.79 Å². The van der Waals surface area contributed by atoms with E-state index in [-0.39, 0.29) is 24.1 Å². The number of pyridine rings is 2. The molecule has 0 unspecified atom stereocenters. The van der Waals surface area contributed by atoms with E-state index in [9.17, 15) is 4.79 Å². The molecule has 33 heavy (non-hydrogen) atoms. The Morgan fingerprint density at radius 3 is 2.55 bits per heavy atom. The summed E-state index contributed by atoms with van der Waals surface area (Å²) < 4.78 is 5.43. The van der Waals surface area contributed by atoms with Gasteiger partial charge < -0.3 is 5.32 Å². The summed E-state index contributed by atoms with van der Waals surface area (Å²) in [6, 6.07) is 10.4. The second-order valence-corrected chi connectivity index (χ2v) is 8.42. The van der Waals surface area contributed by atoms with E-state index in [1.54, 1.807) is 9.25 Å². The van der Waals surface area contributed by atoms with Crippen molar-refractivity contribution in [3.8, 4) is 22.4 Å². The van der Waals surface area contributed by atoms with Gasteiger partial charge in [-0.15, -0.1) is 12.4 Å². The van der Waals surface area contributed by atoms with E-state index < -0.39 is 0 Å². The molecule has 1 aliphatic rings. The second-order valence-electron chi connectivity index (χ2n) is 8.42. The van der Waals surface area contributed by atoms with Crippen LogP contribution in [0.25, 0.3) is 44.3 Å². The van der Waals surface area contributed by atoms with Gasteiger partial charge in [-0.05, 0) is 36.7 Å². The fourth-order valence-corrected chi connectivity index (χ4v) is 4.69. The summed E-state index contributed by atoms with van der Waals surface area (Å²) in [7, 11) is 3.72. The van der Waals surface area contributed by atoms with Gasteiger partial charge in [-0.2, -0.15) is 5.10 Å². The molecule has 1 fully saturated rings. The number of hydrogen-bond acceptors (Lipinski definition) is 5. The van der Waals surface area contributed by atoms with Crippen LogP contribution in [-0.2, 0) is 14.1 Å². The summed E-state index contributed by atoms with van der Waals surface area (Å²) in [6.07, 6.45) is 8.40. The molecule has 1 atom stereocenters. The minimum absolute atomic E-state index is 0. The van der Waals surface area contributed by atoms with Crippen molar-refractivity contribution in [3.05, 3.63) is 65.6 Å². The molecule has 1 aromatic carbocycles. The third kappa shape index (κ3) is 3.42. The highest BCUT2D eigenvalue weighted by Gasteiger charge is 2.24. The molecule has 9 heteroatoms. The third-order valence-electron chi connectivity index (χ3n) is 6.41. The maximum atomic E-state index is 13.1. The first-order chi connectivity index (χ1) is 15.6. The number of benzene rings is 1. The summed E-state index contributed by atoms with van der Waals surface area (Å²) in [4.78, 5) is 22.4. The van der Waals surface area contributed by atoms with Gasteiger partial charge in [-0.1, -0.05) is 12.1 Å². The van der Waals surface area contributed by atoms with E-state index in [0.29, 0.717) is 0 Å². The lowest BCUT2D eigenvalue weighted by atomic mass is 10.0. The maximum absolute atomic E-state index is 13.1. The molecule has 1 aliphatic heterocycles. The van der Waals surface area contributed by atoms with Gasteiger partial charge in [0.1, 0.15) is 0 Å². The molecule has 4 aromatic heterocycles. The van der Waals surface area contributed by atoms with E-state index in [4.69, 9.17) is 0 Å². The van der Waals surface area contributed by atoms with Crippen LogP contribution in [0.5, 0.6) is 0 Å². The van der Waals surface area contributed by atoms with Gasteiger partial charge in [-0.3, -0.25) is 23.8 Å². The minimum Gasteiger partial charge on any atom is -0.315 e. The summed E-state index contributed by atoms with van der Waals surface area (Å²) in [5.74, 6) is 0. The zero-order chi connectivity index (χ0) is 21.8. The first kappa shape index (κ1) is 21.4. The van der Waals surface area contributed by atoms with E-state index in [1.165, 1.54) is 0 Å². The molecule has 1 N–H and O–H groups in total. The number of nitrogens with one attached hydrogen (secondary N) is 1. The van der Waals surface area contributed by atoms with Crippen molar-refractivity contribution in [1.29, 1.82) is 0 Å². The molecule has 0 bridgehead atoms. The number of hydrogen-bond donors (Lipinski definition) is 1. The lowest BCUT2D eigenvalue weighted by Gasteiger charge is -2.12. The molecular weight excluding hydrogens is 438 g/mol. The summed E-state index contributed by atoms with van der Waals surface area (Å²) >= 11 is 0. The average molecular weight is 462 g/mol. The molecule has 0 saturated carbocycles. The number of imidazole rings is 1. The Balaban J connectivity index is 0.00000228. The number of nitrogens with zero attached hydrogens (tertiary/aromatic N) is 6. The van der Waals surface area contributed by atoms with Gasteiger partial charge in [0.05, 0.1) is 40.7 Å². The number of aromatic nitrogens is 6. The van der Waals surface area contributed by atoms with Crippen LogP contribution >= 0.6 is 12.4 Å². The quantitative estimate of drug-likeness (QED) is 0.445. The van der Waals surface area contributed by atoms with Crippen LogP contribution in [0.2, 0.25) is 0 Å². The Morgan fingerprint density at radius 1 is 1.00 bits per heavy atom. The van der Waals surface area contributed by atoms with Gasteiger partial charge in [0, 0.05) is 49.5 Å². The maximum Gasteiger partial charge on any atom is 0.329 e. The van der Waals surface area contributed by atoms with E-state index >= 15 is 0 Å². The average Bonchev–Trinajstić information content (AvgIpc) is 3.55. The molecule has 0 amide bonds. The largest absolute Gasteiger partial charge is 0.329 e. The number of aryl methyl sites for hydroxylation is 2. The van der Waals surface area contributed by atoms with Crippen molar-refractivity contribution in [2.75, 3.05) is 13.1 Å².